The van der Waals surface area contributed by atoms with E-state index in [-0.39, 0.29) is 19.0 Å². The molecule has 0 saturated carbocycles. The van der Waals surface area contributed by atoms with E-state index >= 15 is 0 Å². The van der Waals surface area contributed by atoms with Gasteiger partial charge in [-0.05, 0) is 61.9 Å². The number of rotatable bonds is 6. The third kappa shape index (κ3) is 4.27. The molecule has 0 bridgehead atoms. The summed E-state index contributed by atoms with van der Waals surface area (Å²) in [7, 11) is 0. The first-order valence-corrected chi connectivity index (χ1v) is 8.53. The Labute approximate surface area is 147 Å². The standard InChI is InChI=1S/C21H22O4/c1-14-6-9-20(15(2)10-14)24-13-21(23)25-12-19(22)18-8-7-16-4-3-5-17(16)11-18/h6-11H,3-5,12-13H2,1-2H3. The number of ketones is 1. The highest BCUT2D eigenvalue weighted by molar-refractivity contribution is 5.98. The van der Waals surface area contributed by atoms with Gasteiger partial charge in [-0.2, -0.15) is 0 Å². The largest absolute Gasteiger partial charge is 0.482 e. The van der Waals surface area contributed by atoms with Gasteiger partial charge in [-0.3, -0.25) is 4.79 Å². The summed E-state index contributed by atoms with van der Waals surface area (Å²) in [5.41, 5.74) is 5.24. The zero-order valence-electron chi connectivity index (χ0n) is 14.6. The van der Waals surface area contributed by atoms with Crippen LogP contribution in [0.3, 0.4) is 0 Å². The number of carbonyl (C=O) groups excluding carboxylic acids is 2. The van der Waals surface area contributed by atoms with E-state index in [0.717, 1.165) is 30.4 Å². The van der Waals surface area contributed by atoms with Gasteiger partial charge >= 0.3 is 5.97 Å². The summed E-state index contributed by atoms with van der Waals surface area (Å²) in [5.74, 6) is -0.0865. The molecule has 0 aliphatic heterocycles. The minimum absolute atomic E-state index is 0.186. The van der Waals surface area contributed by atoms with Crippen LogP contribution in [0, 0.1) is 13.8 Å². The predicted molar refractivity (Wildman–Crippen MR) is 95.2 cm³/mol. The van der Waals surface area contributed by atoms with Gasteiger partial charge in [0.2, 0.25) is 0 Å². The molecule has 0 unspecified atom stereocenters. The Hall–Kier alpha value is -2.62. The topological polar surface area (TPSA) is 52.6 Å². The second kappa shape index (κ2) is 7.51. The molecular formula is C21H22O4. The van der Waals surface area contributed by atoms with E-state index in [0.29, 0.717) is 11.3 Å². The Morgan fingerprint density at radius 1 is 0.960 bits per heavy atom. The highest BCUT2D eigenvalue weighted by Crippen LogP contribution is 2.23. The van der Waals surface area contributed by atoms with Gasteiger partial charge < -0.3 is 9.47 Å². The Kier molecular flexibility index (Phi) is 5.17. The first-order chi connectivity index (χ1) is 12.0. The first kappa shape index (κ1) is 17.2. The number of fused-ring (bicyclic) bond motifs is 1. The average Bonchev–Trinajstić information content (AvgIpc) is 3.06. The van der Waals surface area contributed by atoms with E-state index in [4.69, 9.17) is 9.47 Å². The molecule has 3 rings (SSSR count). The van der Waals surface area contributed by atoms with E-state index in [1.807, 2.05) is 50.2 Å². The fraction of sp³-hybridized carbons (Fsp3) is 0.333. The van der Waals surface area contributed by atoms with Crippen molar-refractivity contribution in [1.29, 1.82) is 0 Å². The maximum absolute atomic E-state index is 12.2. The van der Waals surface area contributed by atoms with Gasteiger partial charge in [0.15, 0.2) is 19.0 Å². The number of esters is 1. The lowest BCUT2D eigenvalue weighted by Crippen LogP contribution is -2.19. The Bertz CT molecular complexity index is 808. The molecule has 4 heteroatoms. The summed E-state index contributed by atoms with van der Waals surface area (Å²) >= 11 is 0. The van der Waals surface area contributed by atoms with Crippen LogP contribution < -0.4 is 4.74 Å². The maximum atomic E-state index is 12.2. The van der Waals surface area contributed by atoms with Gasteiger partial charge in [-0.15, -0.1) is 0 Å². The minimum atomic E-state index is -0.547. The van der Waals surface area contributed by atoms with Gasteiger partial charge in [0, 0.05) is 5.56 Å². The molecule has 25 heavy (non-hydrogen) atoms. The summed E-state index contributed by atoms with van der Waals surface area (Å²) in [6.07, 6.45) is 3.23. The molecule has 0 amide bonds. The van der Waals surface area contributed by atoms with Crippen LogP contribution >= 0.6 is 0 Å². The average molecular weight is 338 g/mol. The number of Topliss-reactive ketones (excluding diaryl/α,β-unsaturated/α-hetero) is 1. The Morgan fingerprint density at radius 3 is 2.56 bits per heavy atom. The molecule has 0 aromatic heterocycles. The third-order valence-corrected chi connectivity index (χ3v) is 4.46. The van der Waals surface area contributed by atoms with Crippen molar-refractivity contribution in [3.8, 4) is 5.75 Å². The lowest BCUT2D eigenvalue weighted by atomic mass is 10.0. The first-order valence-electron chi connectivity index (χ1n) is 8.53. The van der Waals surface area contributed by atoms with E-state index in [1.54, 1.807) is 0 Å². The molecule has 4 nitrogen and oxygen atoms in total. The fourth-order valence-electron chi connectivity index (χ4n) is 3.11. The Morgan fingerprint density at radius 2 is 1.76 bits per heavy atom. The molecule has 0 N–H and O–H groups in total. The lowest BCUT2D eigenvalue weighted by Gasteiger charge is -2.10. The van der Waals surface area contributed by atoms with Crippen LogP contribution in [0.4, 0.5) is 0 Å². The van der Waals surface area contributed by atoms with Crippen LogP contribution in [0.25, 0.3) is 0 Å². The molecule has 0 atom stereocenters. The zero-order valence-corrected chi connectivity index (χ0v) is 14.6. The zero-order chi connectivity index (χ0) is 17.8. The molecule has 0 spiro atoms. The summed E-state index contributed by atoms with van der Waals surface area (Å²) in [6.45, 7) is 3.45. The molecule has 0 heterocycles. The second-order valence-electron chi connectivity index (χ2n) is 6.48. The highest BCUT2D eigenvalue weighted by atomic mass is 16.6. The van der Waals surface area contributed by atoms with Crippen LogP contribution in [0.5, 0.6) is 5.75 Å². The molecule has 0 saturated heterocycles. The number of benzene rings is 2. The SMILES string of the molecule is Cc1ccc(OCC(=O)OCC(=O)c2ccc3c(c2)CCC3)c(C)c1. The summed E-state index contributed by atoms with van der Waals surface area (Å²) < 4.78 is 10.5. The van der Waals surface area contributed by atoms with Crippen molar-refractivity contribution in [2.45, 2.75) is 33.1 Å². The fourth-order valence-corrected chi connectivity index (χ4v) is 3.11. The monoisotopic (exact) mass is 338 g/mol. The van der Waals surface area contributed by atoms with E-state index < -0.39 is 5.97 Å². The second-order valence-corrected chi connectivity index (χ2v) is 6.48. The molecular weight excluding hydrogens is 316 g/mol. The molecule has 130 valence electrons. The minimum Gasteiger partial charge on any atom is -0.482 e. The van der Waals surface area contributed by atoms with Crippen molar-refractivity contribution < 1.29 is 19.1 Å². The van der Waals surface area contributed by atoms with Crippen molar-refractivity contribution in [2.24, 2.45) is 0 Å². The molecule has 1 aliphatic rings. The van der Waals surface area contributed by atoms with Gasteiger partial charge in [-0.25, -0.2) is 4.79 Å². The quantitative estimate of drug-likeness (QED) is 0.596. The van der Waals surface area contributed by atoms with E-state index in [1.165, 1.54) is 11.1 Å². The van der Waals surface area contributed by atoms with Crippen molar-refractivity contribution in [2.75, 3.05) is 13.2 Å². The van der Waals surface area contributed by atoms with E-state index in [2.05, 4.69) is 0 Å². The number of hydrogen-bond donors (Lipinski definition) is 0. The molecule has 1 aliphatic carbocycles. The van der Waals surface area contributed by atoms with Crippen molar-refractivity contribution in [1.82, 2.24) is 0 Å². The van der Waals surface area contributed by atoms with Gasteiger partial charge in [-0.1, -0.05) is 29.8 Å². The Balaban J connectivity index is 1.49. The van der Waals surface area contributed by atoms with Crippen molar-refractivity contribution in [3.05, 3.63) is 64.2 Å². The van der Waals surface area contributed by atoms with Crippen LogP contribution in [-0.2, 0) is 22.4 Å². The molecule has 2 aromatic carbocycles. The van der Waals surface area contributed by atoms with Gasteiger partial charge in [0.1, 0.15) is 5.75 Å². The maximum Gasteiger partial charge on any atom is 0.344 e. The van der Waals surface area contributed by atoms with Gasteiger partial charge in [0.25, 0.3) is 0 Å². The van der Waals surface area contributed by atoms with E-state index in [9.17, 15) is 9.59 Å². The summed E-state index contributed by atoms with van der Waals surface area (Å²) in [6, 6.07) is 11.5. The smallest absolute Gasteiger partial charge is 0.344 e. The molecule has 0 radical (unpaired) electrons. The molecule has 0 fully saturated rings. The number of carbonyl (C=O) groups is 2. The van der Waals surface area contributed by atoms with Crippen molar-refractivity contribution >= 4 is 11.8 Å². The van der Waals surface area contributed by atoms with Crippen LogP contribution in [-0.4, -0.2) is 25.0 Å². The van der Waals surface area contributed by atoms with Crippen molar-refractivity contribution in [3.63, 3.8) is 0 Å². The van der Waals surface area contributed by atoms with Crippen LogP contribution in [0.15, 0.2) is 36.4 Å². The third-order valence-electron chi connectivity index (χ3n) is 4.46. The number of hydrogen-bond acceptors (Lipinski definition) is 4. The number of aryl methyl sites for hydroxylation is 4. The predicted octanol–water partition coefficient (Wildman–Crippen LogP) is 3.60. The van der Waals surface area contributed by atoms with Crippen LogP contribution in [0.2, 0.25) is 0 Å². The summed E-state index contributed by atoms with van der Waals surface area (Å²) in [5, 5.41) is 0. The number of ether oxygens (including phenoxy) is 2. The van der Waals surface area contributed by atoms with Gasteiger partial charge in [0.05, 0.1) is 0 Å². The normalized spacial score (nSPS) is 12.6. The lowest BCUT2D eigenvalue weighted by molar-refractivity contribution is -0.144. The molecule has 2 aromatic rings. The van der Waals surface area contributed by atoms with Crippen LogP contribution in [0.1, 0.15) is 39.0 Å². The summed E-state index contributed by atoms with van der Waals surface area (Å²) in [4.78, 5) is 24.0. The highest BCUT2D eigenvalue weighted by Gasteiger charge is 2.15.